The average molecular weight is 304 g/mol. The molecule has 0 N–H and O–H groups in total. The second kappa shape index (κ2) is 10.6. The van der Waals surface area contributed by atoms with Gasteiger partial charge in [-0.15, -0.1) is 11.8 Å². The second-order valence-electron chi connectivity index (χ2n) is 5.55. The largest absolute Gasteiger partial charge is 0.371 e. The molecular formula is C15H28O4S. The summed E-state index contributed by atoms with van der Waals surface area (Å²) < 4.78 is 17.0. The molecule has 1 saturated heterocycles. The Morgan fingerprint density at radius 1 is 1.40 bits per heavy atom. The Morgan fingerprint density at radius 2 is 2.20 bits per heavy atom. The van der Waals surface area contributed by atoms with Crippen LogP contribution in [0.2, 0.25) is 0 Å². The molecule has 0 aromatic rings. The van der Waals surface area contributed by atoms with Crippen molar-refractivity contribution in [1.82, 2.24) is 0 Å². The third-order valence-electron chi connectivity index (χ3n) is 3.05. The fourth-order valence-electron chi connectivity index (χ4n) is 2.13. The van der Waals surface area contributed by atoms with Gasteiger partial charge in [0, 0.05) is 6.42 Å². The first-order chi connectivity index (χ1) is 9.61. The predicted octanol–water partition coefficient (Wildman–Crippen LogP) is 3.24. The molecule has 2 atom stereocenters. The standard InChI is InChI=1S/C15H28O4S/c1-4-20-11-18-15-7-5-6-14(19-15)10-17-9-13(16)8-12(2)3/h12,14-15H,4-11H2,1-3H3. The lowest BCUT2D eigenvalue weighted by molar-refractivity contribution is -0.195. The molecule has 20 heavy (non-hydrogen) atoms. The Balaban J connectivity index is 2.12. The van der Waals surface area contributed by atoms with Crippen molar-refractivity contribution in [2.24, 2.45) is 5.92 Å². The molecule has 1 heterocycles. The summed E-state index contributed by atoms with van der Waals surface area (Å²) in [5, 5.41) is 0. The fraction of sp³-hybridized carbons (Fsp3) is 0.933. The summed E-state index contributed by atoms with van der Waals surface area (Å²) in [7, 11) is 0. The van der Waals surface area contributed by atoms with E-state index in [-0.39, 0.29) is 24.8 Å². The highest BCUT2D eigenvalue weighted by Gasteiger charge is 2.23. The summed E-state index contributed by atoms with van der Waals surface area (Å²) in [5.41, 5.74) is 0. The molecule has 0 aromatic heterocycles. The Bertz CT molecular complexity index is 271. The van der Waals surface area contributed by atoms with Crippen LogP contribution in [0.1, 0.15) is 46.5 Å². The van der Waals surface area contributed by atoms with E-state index in [1.54, 1.807) is 11.8 Å². The van der Waals surface area contributed by atoms with Crippen molar-refractivity contribution in [3.05, 3.63) is 0 Å². The first kappa shape index (κ1) is 18.0. The van der Waals surface area contributed by atoms with Crippen molar-refractivity contribution in [1.29, 1.82) is 0 Å². The van der Waals surface area contributed by atoms with Gasteiger partial charge < -0.3 is 14.2 Å². The van der Waals surface area contributed by atoms with Gasteiger partial charge in [-0.05, 0) is 30.9 Å². The highest BCUT2D eigenvalue weighted by atomic mass is 32.2. The van der Waals surface area contributed by atoms with E-state index in [1.165, 1.54) is 0 Å². The van der Waals surface area contributed by atoms with E-state index in [0.29, 0.717) is 24.9 Å². The van der Waals surface area contributed by atoms with Crippen molar-refractivity contribution in [3.63, 3.8) is 0 Å². The zero-order chi connectivity index (χ0) is 14.8. The number of ketones is 1. The van der Waals surface area contributed by atoms with Crippen molar-refractivity contribution in [2.45, 2.75) is 58.8 Å². The maximum absolute atomic E-state index is 11.5. The van der Waals surface area contributed by atoms with Gasteiger partial charge in [-0.1, -0.05) is 20.8 Å². The topological polar surface area (TPSA) is 44.8 Å². The van der Waals surface area contributed by atoms with Crippen LogP contribution in [0.15, 0.2) is 0 Å². The van der Waals surface area contributed by atoms with E-state index in [4.69, 9.17) is 14.2 Å². The summed E-state index contributed by atoms with van der Waals surface area (Å²) in [6.45, 7) is 6.89. The monoisotopic (exact) mass is 304 g/mol. The molecule has 0 aliphatic carbocycles. The minimum Gasteiger partial charge on any atom is -0.371 e. The van der Waals surface area contributed by atoms with Gasteiger partial charge in [0.05, 0.1) is 18.6 Å². The molecule has 0 spiro atoms. The van der Waals surface area contributed by atoms with E-state index in [2.05, 4.69) is 6.92 Å². The molecule has 2 unspecified atom stereocenters. The quantitative estimate of drug-likeness (QED) is 0.458. The van der Waals surface area contributed by atoms with Gasteiger partial charge in [-0.3, -0.25) is 4.79 Å². The van der Waals surface area contributed by atoms with E-state index >= 15 is 0 Å². The van der Waals surface area contributed by atoms with Crippen LogP contribution >= 0.6 is 11.8 Å². The lowest BCUT2D eigenvalue weighted by atomic mass is 10.1. The van der Waals surface area contributed by atoms with Crippen molar-refractivity contribution < 1.29 is 19.0 Å². The van der Waals surface area contributed by atoms with E-state index in [9.17, 15) is 4.79 Å². The molecule has 118 valence electrons. The lowest BCUT2D eigenvalue weighted by Gasteiger charge is -2.29. The molecule has 0 radical (unpaired) electrons. The molecule has 0 amide bonds. The number of Topliss-reactive ketones (excluding diaryl/α,β-unsaturated/α-hetero) is 1. The maximum atomic E-state index is 11.5. The third-order valence-corrected chi connectivity index (χ3v) is 3.77. The molecule has 1 fully saturated rings. The van der Waals surface area contributed by atoms with Gasteiger partial charge in [0.2, 0.25) is 0 Å². The summed E-state index contributed by atoms with van der Waals surface area (Å²) >= 11 is 1.75. The average Bonchev–Trinajstić information content (AvgIpc) is 2.39. The van der Waals surface area contributed by atoms with E-state index in [0.717, 1.165) is 25.0 Å². The predicted molar refractivity (Wildman–Crippen MR) is 81.9 cm³/mol. The number of ether oxygens (including phenoxy) is 3. The number of carbonyl (C=O) groups excluding carboxylic acids is 1. The van der Waals surface area contributed by atoms with Crippen LogP contribution < -0.4 is 0 Å². The maximum Gasteiger partial charge on any atom is 0.159 e. The molecule has 5 heteroatoms. The smallest absolute Gasteiger partial charge is 0.159 e. The normalized spacial score (nSPS) is 23.2. The van der Waals surface area contributed by atoms with Crippen molar-refractivity contribution >= 4 is 17.5 Å². The number of hydrogen-bond donors (Lipinski definition) is 0. The van der Waals surface area contributed by atoms with Crippen LogP contribution in [0.5, 0.6) is 0 Å². The fourth-order valence-corrected chi connectivity index (χ4v) is 2.55. The molecule has 0 aromatic carbocycles. The highest BCUT2D eigenvalue weighted by Crippen LogP contribution is 2.21. The summed E-state index contributed by atoms with van der Waals surface area (Å²) in [6.07, 6.45) is 3.57. The van der Waals surface area contributed by atoms with Crippen LogP contribution in [0.25, 0.3) is 0 Å². The minimum atomic E-state index is -0.109. The Morgan fingerprint density at radius 3 is 2.90 bits per heavy atom. The van der Waals surface area contributed by atoms with Crippen molar-refractivity contribution in [2.75, 3.05) is 24.9 Å². The summed E-state index contributed by atoms with van der Waals surface area (Å²) in [5.74, 6) is 2.30. The first-order valence-corrected chi connectivity index (χ1v) is 8.71. The first-order valence-electron chi connectivity index (χ1n) is 7.56. The highest BCUT2D eigenvalue weighted by molar-refractivity contribution is 7.99. The molecule has 1 rings (SSSR count). The molecule has 0 saturated carbocycles. The second-order valence-corrected chi connectivity index (χ2v) is 6.77. The van der Waals surface area contributed by atoms with Gasteiger partial charge in [0.15, 0.2) is 12.1 Å². The molecule has 0 bridgehead atoms. The minimum absolute atomic E-state index is 0.0622. The summed E-state index contributed by atoms with van der Waals surface area (Å²) in [6, 6.07) is 0. The van der Waals surface area contributed by atoms with Crippen LogP contribution in [-0.2, 0) is 19.0 Å². The number of carbonyl (C=O) groups is 1. The molecule has 4 nitrogen and oxygen atoms in total. The van der Waals surface area contributed by atoms with Gasteiger partial charge in [-0.25, -0.2) is 0 Å². The lowest BCUT2D eigenvalue weighted by Crippen LogP contribution is -2.33. The molecule has 1 aliphatic heterocycles. The van der Waals surface area contributed by atoms with Crippen LogP contribution in [0.3, 0.4) is 0 Å². The Kier molecular flexibility index (Phi) is 9.52. The van der Waals surface area contributed by atoms with Gasteiger partial charge >= 0.3 is 0 Å². The SMILES string of the molecule is CCSCOC1CCCC(COCC(=O)CC(C)C)O1. The number of thioether (sulfide) groups is 1. The van der Waals surface area contributed by atoms with E-state index < -0.39 is 0 Å². The van der Waals surface area contributed by atoms with Gasteiger partial charge in [0.1, 0.15) is 6.61 Å². The van der Waals surface area contributed by atoms with Crippen LogP contribution in [-0.4, -0.2) is 43.1 Å². The summed E-state index contributed by atoms with van der Waals surface area (Å²) in [4.78, 5) is 11.5. The molecular weight excluding hydrogens is 276 g/mol. The number of rotatable bonds is 10. The zero-order valence-corrected chi connectivity index (χ0v) is 13.7. The zero-order valence-electron chi connectivity index (χ0n) is 12.9. The van der Waals surface area contributed by atoms with Crippen LogP contribution in [0.4, 0.5) is 0 Å². The van der Waals surface area contributed by atoms with Crippen molar-refractivity contribution in [3.8, 4) is 0 Å². The van der Waals surface area contributed by atoms with Gasteiger partial charge in [-0.2, -0.15) is 0 Å². The Labute approximate surface area is 126 Å². The molecule has 1 aliphatic rings. The number of hydrogen-bond acceptors (Lipinski definition) is 5. The third kappa shape index (κ3) is 8.25. The van der Waals surface area contributed by atoms with E-state index in [1.807, 2.05) is 13.8 Å². The van der Waals surface area contributed by atoms with Crippen LogP contribution in [0, 0.1) is 5.92 Å². The van der Waals surface area contributed by atoms with Gasteiger partial charge in [0.25, 0.3) is 0 Å². The Hall–Kier alpha value is -0.100.